The van der Waals surface area contributed by atoms with Crippen LogP contribution in [0.5, 0.6) is 0 Å². The quantitative estimate of drug-likeness (QED) is 0.720. The van der Waals surface area contributed by atoms with Gasteiger partial charge in [0, 0.05) is 13.1 Å². The lowest BCUT2D eigenvalue weighted by Gasteiger charge is -2.11. The monoisotopic (exact) mass is 284 g/mol. The molecule has 19 heavy (non-hydrogen) atoms. The molecule has 0 bridgehead atoms. The average molecular weight is 284 g/mol. The van der Waals surface area contributed by atoms with Gasteiger partial charge in [-0.25, -0.2) is 13.1 Å². The van der Waals surface area contributed by atoms with Crippen LogP contribution < -0.4 is 10.5 Å². The maximum Gasteiger partial charge on any atom is 0.240 e. The normalized spacial score (nSPS) is 11.7. The lowest BCUT2D eigenvalue weighted by atomic mass is 10.1. The highest BCUT2D eigenvalue weighted by Crippen LogP contribution is 2.18. The van der Waals surface area contributed by atoms with Crippen LogP contribution in [0.1, 0.15) is 43.7 Å². The van der Waals surface area contributed by atoms with Crippen molar-refractivity contribution in [3.63, 3.8) is 0 Å². The largest absolute Gasteiger partial charge is 0.326 e. The van der Waals surface area contributed by atoms with E-state index in [0.29, 0.717) is 18.0 Å². The smallest absolute Gasteiger partial charge is 0.240 e. The number of sulfonamides is 1. The third-order valence-electron chi connectivity index (χ3n) is 3.23. The van der Waals surface area contributed by atoms with Gasteiger partial charge in [0.1, 0.15) is 0 Å². The molecule has 0 aromatic heterocycles. The fourth-order valence-corrected chi connectivity index (χ4v) is 3.37. The average Bonchev–Trinajstić information content (AvgIpc) is 2.38. The van der Waals surface area contributed by atoms with E-state index >= 15 is 0 Å². The molecule has 108 valence electrons. The SMILES string of the molecule is CCCCCCNS(=O)(=O)c1cccc(CN)c1C. The van der Waals surface area contributed by atoms with Gasteiger partial charge in [0.2, 0.25) is 10.0 Å². The van der Waals surface area contributed by atoms with E-state index in [0.717, 1.165) is 36.8 Å². The Morgan fingerprint density at radius 1 is 1.21 bits per heavy atom. The molecule has 0 radical (unpaired) electrons. The van der Waals surface area contributed by atoms with Crippen molar-refractivity contribution in [1.82, 2.24) is 4.72 Å². The highest BCUT2D eigenvalue weighted by molar-refractivity contribution is 7.89. The van der Waals surface area contributed by atoms with Crippen molar-refractivity contribution in [2.45, 2.75) is 51.0 Å². The van der Waals surface area contributed by atoms with Gasteiger partial charge in [-0.3, -0.25) is 0 Å². The zero-order valence-corrected chi connectivity index (χ0v) is 12.6. The van der Waals surface area contributed by atoms with Gasteiger partial charge in [0.25, 0.3) is 0 Å². The van der Waals surface area contributed by atoms with E-state index in [1.54, 1.807) is 19.1 Å². The van der Waals surface area contributed by atoms with E-state index < -0.39 is 10.0 Å². The highest BCUT2D eigenvalue weighted by atomic mass is 32.2. The third kappa shape index (κ3) is 4.60. The first-order valence-corrected chi connectivity index (χ1v) is 8.29. The minimum Gasteiger partial charge on any atom is -0.326 e. The second-order valence-corrected chi connectivity index (χ2v) is 6.44. The zero-order valence-electron chi connectivity index (χ0n) is 11.8. The maximum atomic E-state index is 12.2. The van der Waals surface area contributed by atoms with Crippen LogP contribution in [0.2, 0.25) is 0 Å². The first kappa shape index (κ1) is 16.1. The summed E-state index contributed by atoms with van der Waals surface area (Å²) >= 11 is 0. The molecular weight excluding hydrogens is 260 g/mol. The molecule has 0 aliphatic carbocycles. The Bertz CT molecular complexity index is 498. The lowest BCUT2D eigenvalue weighted by Crippen LogP contribution is -2.25. The van der Waals surface area contributed by atoms with E-state index in [1.807, 2.05) is 6.07 Å². The summed E-state index contributed by atoms with van der Waals surface area (Å²) in [4.78, 5) is 0.339. The predicted molar refractivity (Wildman–Crippen MR) is 78.4 cm³/mol. The summed E-state index contributed by atoms with van der Waals surface area (Å²) in [7, 11) is -3.42. The fourth-order valence-electron chi connectivity index (χ4n) is 2.01. The van der Waals surface area contributed by atoms with Crippen molar-refractivity contribution in [2.24, 2.45) is 5.73 Å². The van der Waals surface area contributed by atoms with Crippen LogP contribution in [-0.4, -0.2) is 15.0 Å². The van der Waals surface area contributed by atoms with E-state index in [-0.39, 0.29) is 0 Å². The minimum absolute atomic E-state index is 0.339. The second-order valence-electron chi connectivity index (χ2n) is 4.70. The third-order valence-corrected chi connectivity index (χ3v) is 4.83. The molecule has 0 saturated heterocycles. The summed E-state index contributed by atoms with van der Waals surface area (Å²) in [5.41, 5.74) is 7.21. The molecular formula is C14H24N2O2S. The van der Waals surface area contributed by atoms with Gasteiger partial charge in [-0.05, 0) is 30.5 Å². The molecule has 5 heteroatoms. The van der Waals surface area contributed by atoms with E-state index in [9.17, 15) is 8.42 Å². The van der Waals surface area contributed by atoms with E-state index in [2.05, 4.69) is 11.6 Å². The van der Waals surface area contributed by atoms with Crippen molar-refractivity contribution in [3.8, 4) is 0 Å². The van der Waals surface area contributed by atoms with E-state index in [1.165, 1.54) is 0 Å². The molecule has 0 heterocycles. The molecule has 0 atom stereocenters. The topological polar surface area (TPSA) is 72.2 Å². The molecule has 0 fully saturated rings. The number of hydrogen-bond donors (Lipinski definition) is 2. The van der Waals surface area contributed by atoms with Gasteiger partial charge in [0.15, 0.2) is 0 Å². The van der Waals surface area contributed by atoms with Crippen LogP contribution in [0.4, 0.5) is 0 Å². The first-order valence-electron chi connectivity index (χ1n) is 6.81. The standard InChI is InChI=1S/C14H24N2O2S/c1-3-4-5-6-10-16-19(17,18)14-9-7-8-13(11-15)12(14)2/h7-9,16H,3-6,10-11,15H2,1-2H3. The minimum atomic E-state index is -3.42. The zero-order chi connectivity index (χ0) is 14.3. The summed E-state index contributed by atoms with van der Waals surface area (Å²) in [6.07, 6.45) is 4.22. The van der Waals surface area contributed by atoms with Crippen molar-refractivity contribution < 1.29 is 8.42 Å². The molecule has 3 N–H and O–H groups in total. The van der Waals surface area contributed by atoms with Gasteiger partial charge in [-0.2, -0.15) is 0 Å². The molecule has 4 nitrogen and oxygen atoms in total. The highest BCUT2D eigenvalue weighted by Gasteiger charge is 2.17. The molecule has 1 aromatic rings. The number of nitrogens with one attached hydrogen (secondary N) is 1. The predicted octanol–water partition coefficient (Wildman–Crippen LogP) is 2.31. The van der Waals surface area contributed by atoms with E-state index in [4.69, 9.17) is 5.73 Å². The molecule has 0 aliphatic rings. The molecule has 1 aromatic carbocycles. The van der Waals surface area contributed by atoms with Crippen molar-refractivity contribution in [3.05, 3.63) is 29.3 Å². The van der Waals surface area contributed by atoms with Crippen molar-refractivity contribution in [2.75, 3.05) is 6.54 Å². The molecule has 0 aliphatic heterocycles. The molecule has 0 saturated carbocycles. The summed E-state index contributed by atoms with van der Waals surface area (Å²) < 4.78 is 27.1. The number of unbranched alkanes of at least 4 members (excludes halogenated alkanes) is 3. The van der Waals surface area contributed by atoms with Crippen LogP contribution >= 0.6 is 0 Å². The van der Waals surface area contributed by atoms with Gasteiger partial charge in [0.05, 0.1) is 4.90 Å². The first-order chi connectivity index (χ1) is 9.03. The van der Waals surface area contributed by atoms with Crippen LogP contribution in [-0.2, 0) is 16.6 Å². The van der Waals surface area contributed by atoms with Crippen molar-refractivity contribution >= 4 is 10.0 Å². The van der Waals surface area contributed by atoms with Crippen LogP contribution in [0.25, 0.3) is 0 Å². The Labute approximate surface area is 116 Å². The number of benzene rings is 1. The second kappa shape index (κ2) is 7.62. The molecule has 0 spiro atoms. The van der Waals surface area contributed by atoms with Crippen LogP contribution in [0.3, 0.4) is 0 Å². The van der Waals surface area contributed by atoms with Crippen LogP contribution in [0.15, 0.2) is 23.1 Å². The number of hydrogen-bond acceptors (Lipinski definition) is 3. The maximum absolute atomic E-state index is 12.2. The summed E-state index contributed by atoms with van der Waals surface area (Å²) in [6.45, 7) is 4.78. The Morgan fingerprint density at radius 2 is 1.95 bits per heavy atom. The summed E-state index contributed by atoms with van der Waals surface area (Å²) in [5.74, 6) is 0. The Hall–Kier alpha value is -0.910. The van der Waals surface area contributed by atoms with Gasteiger partial charge in [-0.1, -0.05) is 38.3 Å². The van der Waals surface area contributed by atoms with Crippen molar-refractivity contribution in [1.29, 1.82) is 0 Å². The van der Waals surface area contributed by atoms with Gasteiger partial charge in [-0.15, -0.1) is 0 Å². The van der Waals surface area contributed by atoms with Gasteiger partial charge < -0.3 is 5.73 Å². The van der Waals surface area contributed by atoms with Gasteiger partial charge >= 0.3 is 0 Å². The Morgan fingerprint density at radius 3 is 2.58 bits per heavy atom. The lowest BCUT2D eigenvalue weighted by molar-refractivity contribution is 0.573. The molecule has 0 unspecified atom stereocenters. The number of rotatable bonds is 8. The fraction of sp³-hybridized carbons (Fsp3) is 0.571. The summed E-state index contributed by atoms with van der Waals surface area (Å²) in [5, 5.41) is 0. The van der Waals surface area contributed by atoms with Crippen LogP contribution in [0, 0.1) is 6.92 Å². The Kier molecular flexibility index (Phi) is 6.48. The molecule has 1 rings (SSSR count). The number of nitrogens with two attached hydrogens (primary N) is 1. The molecule has 0 amide bonds. The summed E-state index contributed by atoms with van der Waals surface area (Å²) in [6, 6.07) is 5.22. The Balaban J connectivity index is 2.72.